The summed E-state index contributed by atoms with van der Waals surface area (Å²) in [6, 6.07) is 9.67. The molecular formula is C21H25N5O3. The number of hydrogen-bond acceptors (Lipinski definition) is 5. The van der Waals surface area contributed by atoms with E-state index in [0.717, 1.165) is 29.8 Å². The molecule has 5 rings (SSSR count). The average molecular weight is 395 g/mol. The summed E-state index contributed by atoms with van der Waals surface area (Å²) in [5.41, 5.74) is 1.86. The highest BCUT2D eigenvalue weighted by Gasteiger charge is 2.43. The molecular weight excluding hydrogens is 370 g/mol. The molecule has 29 heavy (non-hydrogen) atoms. The molecule has 3 heterocycles. The Hall–Kier alpha value is -2.71. The number of amides is 1. The summed E-state index contributed by atoms with van der Waals surface area (Å²) in [4.78, 5) is 22.2. The van der Waals surface area contributed by atoms with Gasteiger partial charge >= 0.3 is 0 Å². The van der Waals surface area contributed by atoms with E-state index in [1.807, 2.05) is 46.1 Å². The molecule has 1 saturated heterocycles. The van der Waals surface area contributed by atoms with Crippen molar-refractivity contribution < 1.29 is 14.6 Å². The van der Waals surface area contributed by atoms with Crippen LogP contribution in [0, 0.1) is 11.8 Å². The molecule has 8 nitrogen and oxygen atoms in total. The van der Waals surface area contributed by atoms with E-state index in [4.69, 9.17) is 4.74 Å². The molecule has 0 bridgehead atoms. The second-order valence-electron chi connectivity index (χ2n) is 8.10. The largest absolute Gasteiger partial charge is 0.391 e. The van der Waals surface area contributed by atoms with Crippen LogP contribution in [0.1, 0.15) is 24.7 Å². The lowest BCUT2D eigenvalue weighted by molar-refractivity contribution is -0.135. The molecule has 4 atom stereocenters. The molecule has 152 valence electrons. The number of likely N-dealkylation sites (tertiary alicyclic amines) is 1. The van der Waals surface area contributed by atoms with E-state index >= 15 is 0 Å². The van der Waals surface area contributed by atoms with Crippen LogP contribution >= 0.6 is 0 Å². The fraction of sp³-hybridized carbons (Fsp3) is 0.476. The first-order valence-corrected chi connectivity index (χ1v) is 10.1. The van der Waals surface area contributed by atoms with Crippen LogP contribution < -0.4 is 0 Å². The number of para-hydroxylation sites is 2. The normalized spacial score (nSPS) is 26.7. The molecule has 0 radical (unpaired) electrons. The Kier molecular flexibility index (Phi) is 4.81. The number of aliphatic hydroxyl groups excluding tert-OH is 1. The van der Waals surface area contributed by atoms with Gasteiger partial charge in [0.05, 0.1) is 23.2 Å². The third-order valence-corrected chi connectivity index (χ3v) is 6.23. The third kappa shape index (κ3) is 3.65. The van der Waals surface area contributed by atoms with Gasteiger partial charge in [-0.2, -0.15) is 5.10 Å². The molecule has 1 aromatic carbocycles. The van der Waals surface area contributed by atoms with Crippen molar-refractivity contribution in [2.75, 3.05) is 19.7 Å². The van der Waals surface area contributed by atoms with Gasteiger partial charge in [0.15, 0.2) is 0 Å². The first kappa shape index (κ1) is 18.3. The number of ether oxygens (including phenoxy) is 1. The fourth-order valence-corrected chi connectivity index (χ4v) is 4.77. The van der Waals surface area contributed by atoms with Gasteiger partial charge < -0.3 is 19.7 Å². The number of aromatic amines is 1. The van der Waals surface area contributed by atoms with Gasteiger partial charge in [0.25, 0.3) is 0 Å². The van der Waals surface area contributed by atoms with E-state index in [9.17, 15) is 9.90 Å². The Morgan fingerprint density at radius 3 is 2.83 bits per heavy atom. The minimum Gasteiger partial charge on any atom is -0.391 e. The second-order valence-corrected chi connectivity index (χ2v) is 8.10. The lowest BCUT2D eigenvalue weighted by Crippen LogP contribution is -2.36. The van der Waals surface area contributed by atoms with Crippen LogP contribution in [0.15, 0.2) is 42.7 Å². The van der Waals surface area contributed by atoms with Crippen molar-refractivity contribution in [3.05, 3.63) is 48.5 Å². The zero-order chi connectivity index (χ0) is 19.8. The minimum absolute atomic E-state index is 0.000593. The van der Waals surface area contributed by atoms with Gasteiger partial charge in [-0.05, 0) is 42.9 Å². The number of nitrogens with one attached hydrogen (secondary N) is 1. The van der Waals surface area contributed by atoms with Crippen molar-refractivity contribution in [2.24, 2.45) is 11.8 Å². The molecule has 1 aliphatic heterocycles. The molecule has 1 saturated carbocycles. The maximum atomic E-state index is 12.6. The van der Waals surface area contributed by atoms with E-state index in [1.54, 1.807) is 6.20 Å². The van der Waals surface area contributed by atoms with Crippen LogP contribution in [-0.4, -0.2) is 61.5 Å². The lowest BCUT2D eigenvalue weighted by Gasteiger charge is -2.35. The summed E-state index contributed by atoms with van der Waals surface area (Å²) in [6.07, 6.45) is 4.77. The first-order valence-electron chi connectivity index (χ1n) is 10.1. The number of nitrogens with zero attached hydrogens (tertiary/aromatic N) is 4. The molecule has 2 N–H and O–H groups in total. The van der Waals surface area contributed by atoms with Gasteiger partial charge in [-0.3, -0.25) is 9.48 Å². The van der Waals surface area contributed by atoms with Gasteiger partial charge in [-0.1, -0.05) is 12.1 Å². The van der Waals surface area contributed by atoms with Gasteiger partial charge in [0.2, 0.25) is 5.91 Å². The number of rotatable bonds is 5. The van der Waals surface area contributed by atoms with Crippen molar-refractivity contribution in [2.45, 2.75) is 31.6 Å². The van der Waals surface area contributed by atoms with E-state index in [-0.39, 0.29) is 25.2 Å². The van der Waals surface area contributed by atoms with E-state index in [2.05, 4.69) is 15.1 Å². The highest BCUT2D eigenvalue weighted by molar-refractivity contribution is 5.78. The van der Waals surface area contributed by atoms with Gasteiger partial charge in [-0.25, -0.2) is 4.98 Å². The Bertz CT molecular complexity index is 952. The topological polar surface area (TPSA) is 96.3 Å². The predicted octanol–water partition coefficient (Wildman–Crippen LogP) is 1.75. The summed E-state index contributed by atoms with van der Waals surface area (Å²) in [5.74, 6) is 1.46. The molecule has 2 fully saturated rings. The molecule has 0 unspecified atom stereocenters. The summed E-state index contributed by atoms with van der Waals surface area (Å²) in [7, 11) is 0. The molecule has 2 aromatic heterocycles. The average Bonchev–Trinajstić information content (AvgIpc) is 3.45. The highest BCUT2D eigenvalue weighted by atomic mass is 16.5. The number of imidazole rings is 1. The Morgan fingerprint density at radius 2 is 2.03 bits per heavy atom. The summed E-state index contributed by atoms with van der Waals surface area (Å²) < 4.78 is 7.48. The highest BCUT2D eigenvalue weighted by Crippen LogP contribution is 2.41. The smallest absolute Gasteiger partial charge is 0.248 e. The number of fused-ring (bicyclic) bond motifs is 2. The van der Waals surface area contributed by atoms with Crippen molar-refractivity contribution in [1.82, 2.24) is 24.6 Å². The van der Waals surface area contributed by atoms with Crippen LogP contribution in [-0.2, 0) is 16.1 Å². The number of aliphatic hydroxyl groups is 1. The maximum absolute atomic E-state index is 12.6. The molecule has 1 aliphatic carbocycles. The van der Waals surface area contributed by atoms with Gasteiger partial charge in [-0.15, -0.1) is 0 Å². The first-order chi connectivity index (χ1) is 14.2. The molecule has 3 aromatic rings. The third-order valence-electron chi connectivity index (χ3n) is 6.23. The predicted molar refractivity (Wildman–Crippen MR) is 106 cm³/mol. The monoisotopic (exact) mass is 395 g/mol. The number of hydrogen-bond donors (Lipinski definition) is 2. The lowest BCUT2D eigenvalue weighted by atomic mass is 9.77. The van der Waals surface area contributed by atoms with Crippen LogP contribution in [0.5, 0.6) is 0 Å². The van der Waals surface area contributed by atoms with Crippen LogP contribution in [0.4, 0.5) is 0 Å². The quantitative estimate of drug-likeness (QED) is 0.686. The van der Waals surface area contributed by atoms with E-state index < -0.39 is 6.10 Å². The van der Waals surface area contributed by atoms with E-state index in [0.29, 0.717) is 24.8 Å². The molecule has 8 heteroatoms. The fourth-order valence-electron chi connectivity index (χ4n) is 4.77. The number of aromatic nitrogens is 4. The van der Waals surface area contributed by atoms with Crippen LogP contribution in [0.25, 0.3) is 11.0 Å². The number of carbonyl (C=O) groups is 1. The van der Waals surface area contributed by atoms with Gasteiger partial charge in [0, 0.05) is 25.5 Å². The summed E-state index contributed by atoms with van der Waals surface area (Å²) in [6.45, 7) is 1.74. The molecule has 2 aliphatic rings. The standard InChI is InChI=1S/C21H25N5O3/c27-19-9-15-11-25(10-14(15)8-18(19)26-7-3-6-22-26)21(28)13-29-12-20-23-16-4-1-2-5-17(16)24-20/h1-7,14-15,18-19,27H,8-13H2,(H,23,24)/t14-,15+,18-,19-/m1/s1. The summed E-state index contributed by atoms with van der Waals surface area (Å²) >= 11 is 0. The zero-order valence-electron chi connectivity index (χ0n) is 16.1. The second kappa shape index (κ2) is 7.61. The number of H-pyrrole nitrogens is 1. The van der Waals surface area contributed by atoms with E-state index in [1.165, 1.54) is 0 Å². The Morgan fingerprint density at radius 1 is 1.21 bits per heavy atom. The number of carbonyl (C=O) groups excluding carboxylic acids is 1. The number of benzene rings is 1. The van der Waals surface area contributed by atoms with Crippen molar-refractivity contribution in [3.63, 3.8) is 0 Å². The van der Waals surface area contributed by atoms with Crippen molar-refractivity contribution in [3.8, 4) is 0 Å². The zero-order valence-corrected chi connectivity index (χ0v) is 16.1. The molecule has 1 amide bonds. The van der Waals surface area contributed by atoms with Crippen LogP contribution in [0.2, 0.25) is 0 Å². The maximum Gasteiger partial charge on any atom is 0.248 e. The Balaban J connectivity index is 1.14. The summed E-state index contributed by atoms with van der Waals surface area (Å²) in [5, 5.41) is 14.8. The van der Waals surface area contributed by atoms with Crippen molar-refractivity contribution >= 4 is 16.9 Å². The Labute approximate surface area is 168 Å². The van der Waals surface area contributed by atoms with Gasteiger partial charge in [0.1, 0.15) is 19.0 Å². The molecule has 0 spiro atoms. The SMILES string of the molecule is O=C(COCc1nc2ccccc2[nH]1)N1C[C@H]2C[C@@H](n3cccn3)[C@H](O)C[C@H]2C1. The van der Waals surface area contributed by atoms with Crippen LogP contribution in [0.3, 0.4) is 0 Å². The minimum atomic E-state index is -0.421. The van der Waals surface area contributed by atoms with Crippen molar-refractivity contribution in [1.29, 1.82) is 0 Å².